The molecule has 2 rings (SSSR count). The molecule has 1 aliphatic heterocycles. The Bertz CT molecular complexity index is 736. The number of unbranched alkanes of at least 4 members (excludes halogenated alkanes) is 3. The Morgan fingerprint density at radius 2 is 1.87 bits per heavy atom. The van der Waals surface area contributed by atoms with Gasteiger partial charge in [0.2, 0.25) is 5.91 Å². The zero-order chi connectivity index (χ0) is 21.9. The Hall–Kier alpha value is -2.90. The van der Waals surface area contributed by atoms with Gasteiger partial charge < -0.3 is 14.7 Å². The van der Waals surface area contributed by atoms with Crippen molar-refractivity contribution in [1.82, 2.24) is 10.2 Å². The number of Topliss-reactive ketones (excluding diaryl/α,β-unsaturated/α-hetero) is 1. The van der Waals surface area contributed by atoms with Gasteiger partial charge >= 0.3 is 12.1 Å². The molecule has 2 N–H and O–H groups in total. The summed E-state index contributed by atoms with van der Waals surface area (Å²) < 4.78 is 4.98. The Morgan fingerprint density at radius 1 is 1.13 bits per heavy atom. The fraction of sp³-hybridized carbons (Fsp3) is 0.545. The van der Waals surface area contributed by atoms with Crippen LogP contribution in [0.2, 0.25) is 0 Å². The highest BCUT2D eigenvalue weighted by molar-refractivity contribution is 6.00. The number of aryl methyl sites for hydroxylation is 1. The average Bonchev–Trinajstić information content (AvgIpc) is 3.05. The predicted molar refractivity (Wildman–Crippen MR) is 110 cm³/mol. The number of benzene rings is 1. The maximum atomic E-state index is 12.7. The molecule has 1 unspecified atom stereocenters. The van der Waals surface area contributed by atoms with Crippen molar-refractivity contribution in [2.75, 3.05) is 6.61 Å². The number of nitrogens with one attached hydrogen (secondary N) is 1. The fourth-order valence-corrected chi connectivity index (χ4v) is 3.43. The molecule has 0 aromatic heterocycles. The Kier molecular flexibility index (Phi) is 9.31. The Morgan fingerprint density at radius 3 is 2.53 bits per heavy atom. The lowest BCUT2D eigenvalue weighted by molar-refractivity contribution is -0.150. The maximum Gasteiger partial charge on any atom is 0.409 e. The number of likely N-dealkylation sites (tertiary alicyclic amines) is 1. The number of hydrogen-bond donors (Lipinski definition) is 2. The molecule has 0 bridgehead atoms. The van der Waals surface area contributed by atoms with E-state index in [9.17, 15) is 24.3 Å². The number of carboxylic acid groups (broad SMARTS) is 1. The van der Waals surface area contributed by atoms with Crippen LogP contribution in [0, 0.1) is 0 Å². The van der Waals surface area contributed by atoms with Gasteiger partial charge in [0.05, 0.1) is 6.61 Å². The Labute approximate surface area is 176 Å². The van der Waals surface area contributed by atoms with Crippen molar-refractivity contribution in [2.45, 2.75) is 70.5 Å². The van der Waals surface area contributed by atoms with Crippen molar-refractivity contribution in [3.8, 4) is 0 Å². The number of carbonyl (C=O) groups excluding carboxylic acids is 3. The molecule has 8 nitrogen and oxygen atoms in total. The standard InChI is InChI=1S/C22H30N2O6/c1-2-3-14-30-22(29)23-20-18(25)15-17(21(27)28)24(20)19(26)13-9-5-8-12-16-10-6-4-7-11-16/h4,6-7,10-11,17,20H,2-3,5,8-9,12-15H2,1H3,(H,23,29)(H,27,28)/t17-,20?/m0/s1. The first kappa shape index (κ1) is 23.4. The third-order valence-corrected chi connectivity index (χ3v) is 5.07. The summed E-state index contributed by atoms with van der Waals surface area (Å²) >= 11 is 0. The first-order chi connectivity index (χ1) is 14.4. The van der Waals surface area contributed by atoms with Gasteiger partial charge in [-0.3, -0.25) is 14.9 Å². The second-order valence-corrected chi connectivity index (χ2v) is 7.41. The lowest BCUT2D eigenvalue weighted by atomic mass is 10.1. The van der Waals surface area contributed by atoms with Crippen molar-refractivity contribution < 1.29 is 29.0 Å². The number of carboxylic acids is 1. The number of nitrogens with zero attached hydrogens (tertiary/aromatic N) is 1. The lowest BCUT2D eigenvalue weighted by Crippen LogP contribution is -2.53. The molecule has 1 fully saturated rings. The van der Waals surface area contributed by atoms with Gasteiger partial charge in [0.25, 0.3) is 0 Å². The SMILES string of the molecule is CCCCOC(=O)NC1C(=O)C[C@@H](C(=O)O)N1C(=O)CCCCCc1ccccc1. The average molecular weight is 418 g/mol. The van der Waals surface area contributed by atoms with Gasteiger partial charge in [0.1, 0.15) is 6.04 Å². The number of ketones is 1. The van der Waals surface area contributed by atoms with E-state index in [1.54, 1.807) is 0 Å². The third kappa shape index (κ3) is 6.86. The predicted octanol–water partition coefficient (Wildman–Crippen LogP) is 2.90. The van der Waals surface area contributed by atoms with Crippen LogP contribution in [0.15, 0.2) is 30.3 Å². The number of rotatable bonds is 11. The summed E-state index contributed by atoms with van der Waals surface area (Å²) in [5, 5.41) is 11.8. The van der Waals surface area contributed by atoms with Crippen molar-refractivity contribution in [1.29, 1.82) is 0 Å². The molecule has 1 aromatic rings. The topological polar surface area (TPSA) is 113 Å². The molecule has 2 atom stereocenters. The van der Waals surface area contributed by atoms with Crippen LogP contribution in [0.25, 0.3) is 0 Å². The second-order valence-electron chi connectivity index (χ2n) is 7.41. The van der Waals surface area contributed by atoms with Gasteiger partial charge in [-0.1, -0.05) is 50.1 Å². The molecule has 164 valence electrons. The Balaban J connectivity index is 1.88. The van der Waals surface area contributed by atoms with Crippen LogP contribution in [-0.2, 0) is 25.5 Å². The minimum atomic E-state index is -1.29. The minimum absolute atomic E-state index is 0.120. The maximum absolute atomic E-state index is 12.7. The number of carbonyl (C=O) groups is 4. The van der Waals surface area contributed by atoms with Crippen LogP contribution in [0.1, 0.15) is 57.4 Å². The summed E-state index contributed by atoms with van der Waals surface area (Å²) in [6.07, 6.45) is 2.39. The molecule has 0 spiro atoms. The normalized spacial score (nSPS) is 18.3. The molecule has 8 heteroatoms. The highest BCUT2D eigenvalue weighted by atomic mass is 16.5. The van der Waals surface area contributed by atoms with E-state index in [0.29, 0.717) is 12.8 Å². The van der Waals surface area contributed by atoms with Crippen molar-refractivity contribution in [2.24, 2.45) is 0 Å². The molecule has 1 aliphatic rings. The van der Waals surface area contributed by atoms with E-state index < -0.39 is 36.0 Å². The molecule has 30 heavy (non-hydrogen) atoms. The second kappa shape index (κ2) is 11.9. The number of alkyl carbamates (subject to hydrolysis) is 1. The third-order valence-electron chi connectivity index (χ3n) is 5.07. The van der Waals surface area contributed by atoms with Gasteiger partial charge in [-0.05, 0) is 31.2 Å². The molecular weight excluding hydrogens is 388 g/mol. The van der Waals surface area contributed by atoms with E-state index in [2.05, 4.69) is 5.32 Å². The van der Waals surface area contributed by atoms with E-state index in [1.807, 2.05) is 37.3 Å². The van der Waals surface area contributed by atoms with E-state index in [0.717, 1.165) is 30.6 Å². The smallest absolute Gasteiger partial charge is 0.409 e. The van der Waals surface area contributed by atoms with Crippen LogP contribution in [0.3, 0.4) is 0 Å². The molecule has 1 aromatic carbocycles. The molecular formula is C22H30N2O6. The van der Waals surface area contributed by atoms with Gasteiger partial charge in [-0.25, -0.2) is 9.59 Å². The van der Waals surface area contributed by atoms with Crippen LogP contribution < -0.4 is 5.32 Å². The summed E-state index contributed by atoms with van der Waals surface area (Å²) in [5.41, 5.74) is 1.23. The minimum Gasteiger partial charge on any atom is -0.480 e. The molecule has 1 heterocycles. The first-order valence-corrected chi connectivity index (χ1v) is 10.5. The zero-order valence-corrected chi connectivity index (χ0v) is 17.3. The van der Waals surface area contributed by atoms with Gasteiger partial charge in [0, 0.05) is 12.8 Å². The van der Waals surface area contributed by atoms with E-state index >= 15 is 0 Å². The number of ether oxygens (including phenoxy) is 1. The monoisotopic (exact) mass is 418 g/mol. The van der Waals surface area contributed by atoms with Crippen molar-refractivity contribution in [3.63, 3.8) is 0 Å². The van der Waals surface area contributed by atoms with Crippen molar-refractivity contribution >= 4 is 23.8 Å². The summed E-state index contributed by atoms with van der Waals surface area (Å²) in [4.78, 5) is 49.4. The van der Waals surface area contributed by atoms with Crippen LogP contribution in [-0.4, -0.2) is 52.6 Å². The zero-order valence-electron chi connectivity index (χ0n) is 17.3. The molecule has 2 amide bonds. The van der Waals surface area contributed by atoms with Crippen LogP contribution in [0.4, 0.5) is 4.79 Å². The number of amides is 2. The van der Waals surface area contributed by atoms with Crippen molar-refractivity contribution in [3.05, 3.63) is 35.9 Å². The highest BCUT2D eigenvalue weighted by Gasteiger charge is 2.47. The molecule has 1 saturated heterocycles. The van der Waals surface area contributed by atoms with E-state index in [1.165, 1.54) is 5.56 Å². The van der Waals surface area contributed by atoms with E-state index in [-0.39, 0.29) is 19.4 Å². The van der Waals surface area contributed by atoms with Gasteiger partial charge in [0.15, 0.2) is 11.9 Å². The number of hydrogen-bond acceptors (Lipinski definition) is 5. The van der Waals surface area contributed by atoms with E-state index in [4.69, 9.17) is 4.74 Å². The van der Waals surface area contributed by atoms with Crippen LogP contribution in [0.5, 0.6) is 0 Å². The summed E-state index contributed by atoms with van der Waals surface area (Å²) in [7, 11) is 0. The quantitative estimate of drug-likeness (QED) is 0.534. The lowest BCUT2D eigenvalue weighted by Gasteiger charge is -2.27. The largest absolute Gasteiger partial charge is 0.480 e. The first-order valence-electron chi connectivity index (χ1n) is 10.5. The van der Waals surface area contributed by atoms with Gasteiger partial charge in [-0.2, -0.15) is 0 Å². The van der Waals surface area contributed by atoms with Crippen LogP contribution >= 0.6 is 0 Å². The highest BCUT2D eigenvalue weighted by Crippen LogP contribution is 2.22. The fourth-order valence-electron chi connectivity index (χ4n) is 3.43. The molecule has 0 aliphatic carbocycles. The number of aliphatic carboxylic acids is 1. The summed E-state index contributed by atoms with van der Waals surface area (Å²) in [5.74, 6) is -2.22. The summed E-state index contributed by atoms with van der Waals surface area (Å²) in [6.45, 7) is 2.14. The molecule has 0 saturated carbocycles. The van der Waals surface area contributed by atoms with Gasteiger partial charge in [-0.15, -0.1) is 0 Å². The molecule has 0 radical (unpaired) electrons. The summed E-state index contributed by atoms with van der Waals surface area (Å²) in [6, 6.07) is 8.76.